The highest BCUT2D eigenvalue weighted by Gasteiger charge is 2.16. The van der Waals surface area contributed by atoms with Crippen molar-refractivity contribution in [3.63, 3.8) is 0 Å². The van der Waals surface area contributed by atoms with Crippen LogP contribution in [0.1, 0.15) is 48.7 Å². The molecule has 1 N–H and O–H groups in total. The summed E-state index contributed by atoms with van der Waals surface area (Å²) < 4.78 is 1.38. The highest BCUT2D eigenvalue weighted by atomic mass is 16.2. The molecule has 1 aliphatic heterocycles. The summed E-state index contributed by atoms with van der Waals surface area (Å²) >= 11 is 0. The maximum absolute atomic E-state index is 12.8. The molecule has 1 fully saturated rings. The monoisotopic (exact) mass is 417 g/mol. The summed E-state index contributed by atoms with van der Waals surface area (Å²) in [6.07, 6.45) is 5.84. The van der Waals surface area contributed by atoms with Gasteiger partial charge in [-0.1, -0.05) is 43.7 Å². The van der Waals surface area contributed by atoms with Gasteiger partial charge < -0.3 is 4.90 Å². The number of nitrogens with zero attached hydrogens (tertiary/aromatic N) is 4. The van der Waals surface area contributed by atoms with Gasteiger partial charge in [-0.3, -0.25) is 9.59 Å². The van der Waals surface area contributed by atoms with Crippen molar-refractivity contribution in [2.24, 2.45) is 5.10 Å². The Labute approximate surface area is 181 Å². The zero-order valence-corrected chi connectivity index (χ0v) is 17.8. The second-order valence-electron chi connectivity index (χ2n) is 7.76. The first-order chi connectivity index (χ1) is 15.2. The van der Waals surface area contributed by atoms with Gasteiger partial charge >= 0.3 is 0 Å². The van der Waals surface area contributed by atoms with E-state index in [1.54, 1.807) is 30.5 Å². The molecule has 2 heterocycles. The minimum absolute atomic E-state index is 0.179. The van der Waals surface area contributed by atoms with E-state index in [4.69, 9.17) is 0 Å². The van der Waals surface area contributed by atoms with Crippen LogP contribution in [0.5, 0.6) is 0 Å². The third-order valence-corrected chi connectivity index (χ3v) is 5.55. The highest BCUT2D eigenvalue weighted by molar-refractivity contribution is 6.04. The summed E-state index contributed by atoms with van der Waals surface area (Å²) in [4.78, 5) is 27.8. The first-order valence-corrected chi connectivity index (χ1v) is 10.9. The Bertz CT molecular complexity index is 1140. The molecule has 2 aromatic carbocycles. The molecule has 31 heavy (non-hydrogen) atoms. The molecule has 1 saturated heterocycles. The Morgan fingerprint density at radius 3 is 2.52 bits per heavy atom. The van der Waals surface area contributed by atoms with E-state index in [-0.39, 0.29) is 11.3 Å². The van der Waals surface area contributed by atoms with E-state index in [1.807, 2.05) is 19.1 Å². The number of hydrazone groups is 1. The van der Waals surface area contributed by atoms with Gasteiger partial charge in [0.15, 0.2) is 5.69 Å². The molecule has 7 heteroatoms. The minimum atomic E-state index is -0.439. The number of carbonyl (C=O) groups excluding carboxylic acids is 1. The number of carbonyl (C=O) groups is 1. The van der Waals surface area contributed by atoms with Crippen molar-refractivity contribution in [2.45, 2.75) is 39.2 Å². The third-order valence-electron chi connectivity index (χ3n) is 5.55. The zero-order chi connectivity index (χ0) is 21.6. The van der Waals surface area contributed by atoms with Gasteiger partial charge in [-0.15, -0.1) is 0 Å². The predicted octanol–water partition coefficient (Wildman–Crippen LogP) is 3.56. The maximum atomic E-state index is 12.8. The molecule has 0 radical (unpaired) electrons. The largest absolute Gasteiger partial charge is 0.372 e. The maximum Gasteiger partial charge on any atom is 0.292 e. The van der Waals surface area contributed by atoms with Gasteiger partial charge in [0.05, 0.1) is 11.6 Å². The van der Waals surface area contributed by atoms with Crippen LogP contribution in [0.3, 0.4) is 0 Å². The number of fused-ring (bicyclic) bond motifs is 1. The second-order valence-corrected chi connectivity index (χ2v) is 7.76. The van der Waals surface area contributed by atoms with Crippen molar-refractivity contribution >= 4 is 28.6 Å². The van der Waals surface area contributed by atoms with Crippen molar-refractivity contribution in [1.29, 1.82) is 0 Å². The summed E-state index contributed by atoms with van der Waals surface area (Å²) in [6.45, 7) is 4.73. The number of rotatable bonds is 7. The Balaban J connectivity index is 1.51. The van der Waals surface area contributed by atoms with Gasteiger partial charge in [0, 0.05) is 30.7 Å². The van der Waals surface area contributed by atoms with Crippen LogP contribution in [-0.2, 0) is 6.54 Å². The number of benzene rings is 2. The number of unbranched alkanes of at least 4 members (excludes halogenated alkanes) is 1. The summed E-state index contributed by atoms with van der Waals surface area (Å²) in [5, 5.41) is 9.45. The number of hydrogen-bond acceptors (Lipinski definition) is 5. The molecular weight excluding hydrogens is 390 g/mol. The summed E-state index contributed by atoms with van der Waals surface area (Å²) in [5.74, 6) is -0.439. The Hall–Kier alpha value is -3.48. The van der Waals surface area contributed by atoms with E-state index in [0.29, 0.717) is 17.3 Å². The van der Waals surface area contributed by atoms with E-state index in [0.717, 1.165) is 31.5 Å². The van der Waals surface area contributed by atoms with Gasteiger partial charge in [-0.05, 0) is 43.0 Å². The lowest BCUT2D eigenvalue weighted by atomic mass is 10.1. The van der Waals surface area contributed by atoms with Crippen molar-refractivity contribution in [3.8, 4) is 0 Å². The quantitative estimate of drug-likeness (QED) is 0.471. The third kappa shape index (κ3) is 4.66. The molecule has 0 saturated carbocycles. The van der Waals surface area contributed by atoms with Gasteiger partial charge in [-0.2, -0.15) is 10.2 Å². The fourth-order valence-electron chi connectivity index (χ4n) is 3.83. The van der Waals surface area contributed by atoms with Crippen LogP contribution in [0.25, 0.3) is 10.8 Å². The number of aryl methyl sites for hydroxylation is 1. The standard InChI is InChI=1S/C24H27N5O2/c1-2-3-16-29-24(31)21-9-5-4-8-20(21)22(27-29)23(30)26-25-17-18-10-12-19(13-11-18)28-14-6-7-15-28/h4-5,8-13,17H,2-3,6-7,14-16H2,1H3,(H,26,30)/b25-17+. The highest BCUT2D eigenvalue weighted by Crippen LogP contribution is 2.20. The summed E-state index contributed by atoms with van der Waals surface area (Å²) in [6, 6.07) is 15.2. The van der Waals surface area contributed by atoms with Crippen LogP contribution in [0.2, 0.25) is 0 Å². The molecule has 1 amide bonds. The number of anilines is 1. The lowest BCUT2D eigenvalue weighted by Crippen LogP contribution is -2.29. The molecule has 160 valence electrons. The Morgan fingerprint density at radius 2 is 1.81 bits per heavy atom. The van der Waals surface area contributed by atoms with Crippen LogP contribution in [-0.4, -0.2) is 35.0 Å². The van der Waals surface area contributed by atoms with Crippen LogP contribution in [0.4, 0.5) is 5.69 Å². The fraction of sp³-hybridized carbons (Fsp3) is 0.333. The van der Waals surface area contributed by atoms with Crippen molar-refractivity contribution in [1.82, 2.24) is 15.2 Å². The molecule has 4 rings (SSSR count). The molecule has 0 bridgehead atoms. The number of nitrogens with one attached hydrogen (secondary N) is 1. The SMILES string of the molecule is CCCCn1nc(C(=O)N/N=C/c2ccc(N3CCCC3)cc2)c2ccccc2c1=O. The topological polar surface area (TPSA) is 79.6 Å². The molecule has 0 atom stereocenters. The average molecular weight is 418 g/mol. The number of hydrogen-bond donors (Lipinski definition) is 1. The molecule has 0 aliphatic carbocycles. The van der Waals surface area contributed by atoms with Crippen LogP contribution >= 0.6 is 0 Å². The van der Waals surface area contributed by atoms with Crippen LogP contribution in [0, 0.1) is 0 Å². The molecule has 7 nitrogen and oxygen atoms in total. The number of aromatic nitrogens is 2. The van der Waals surface area contributed by atoms with Gasteiger partial charge in [0.25, 0.3) is 11.5 Å². The van der Waals surface area contributed by atoms with E-state index in [2.05, 4.69) is 32.7 Å². The van der Waals surface area contributed by atoms with Gasteiger partial charge in [0.2, 0.25) is 0 Å². The van der Waals surface area contributed by atoms with E-state index >= 15 is 0 Å². The van der Waals surface area contributed by atoms with E-state index in [1.165, 1.54) is 23.2 Å². The minimum Gasteiger partial charge on any atom is -0.372 e. The Morgan fingerprint density at radius 1 is 1.10 bits per heavy atom. The molecule has 1 aromatic heterocycles. The lowest BCUT2D eigenvalue weighted by Gasteiger charge is -2.17. The molecular formula is C24H27N5O2. The first-order valence-electron chi connectivity index (χ1n) is 10.9. The zero-order valence-electron chi connectivity index (χ0n) is 17.8. The molecule has 3 aromatic rings. The molecule has 0 unspecified atom stereocenters. The summed E-state index contributed by atoms with van der Waals surface area (Å²) in [7, 11) is 0. The van der Waals surface area contributed by atoms with Crippen molar-refractivity contribution in [2.75, 3.05) is 18.0 Å². The van der Waals surface area contributed by atoms with Gasteiger partial charge in [-0.25, -0.2) is 10.1 Å². The Kier molecular flexibility index (Phi) is 6.40. The van der Waals surface area contributed by atoms with Crippen molar-refractivity contribution in [3.05, 3.63) is 70.1 Å². The van der Waals surface area contributed by atoms with E-state index in [9.17, 15) is 9.59 Å². The lowest BCUT2D eigenvalue weighted by molar-refractivity contribution is 0.0949. The van der Waals surface area contributed by atoms with Crippen LogP contribution in [0.15, 0.2) is 58.4 Å². The smallest absolute Gasteiger partial charge is 0.292 e. The van der Waals surface area contributed by atoms with Crippen LogP contribution < -0.4 is 15.9 Å². The predicted molar refractivity (Wildman–Crippen MR) is 124 cm³/mol. The molecule has 0 spiro atoms. The summed E-state index contributed by atoms with van der Waals surface area (Å²) in [5.41, 5.74) is 4.69. The first kappa shape index (κ1) is 20.8. The normalized spacial score (nSPS) is 13.9. The van der Waals surface area contributed by atoms with Gasteiger partial charge in [0.1, 0.15) is 0 Å². The molecule has 1 aliphatic rings. The average Bonchev–Trinajstić information content (AvgIpc) is 3.34. The second kappa shape index (κ2) is 9.55. The van der Waals surface area contributed by atoms with Crippen molar-refractivity contribution < 1.29 is 4.79 Å². The fourth-order valence-corrected chi connectivity index (χ4v) is 3.83. The number of amides is 1. The van der Waals surface area contributed by atoms with E-state index < -0.39 is 5.91 Å².